The Kier molecular flexibility index (Phi) is 4.78. The molecule has 20 heavy (non-hydrogen) atoms. The lowest BCUT2D eigenvalue weighted by atomic mass is 9.77. The maximum atomic E-state index is 11.8. The van der Waals surface area contributed by atoms with Crippen molar-refractivity contribution in [2.45, 2.75) is 65.3 Å². The van der Waals surface area contributed by atoms with Crippen LogP contribution in [0.1, 0.15) is 58.2 Å². The number of hydrogen-bond donors (Lipinski definition) is 1. The molecule has 5 nitrogen and oxygen atoms in total. The second-order valence-corrected chi connectivity index (χ2v) is 6.47. The van der Waals surface area contributed by atoms with Gasteiger partial charge in [-0.1, -0.05) is 39.5 Å². The summed E-state index contributed by atoms with van der Waals surface area (Å²) in [5.41, 5.74) is -0.641. The van der Waals surface area contributed by atoms with Crippen molar-refractivity contribution in [1.29, 1.82) is 0 Å². The predicted molar refractivity (Wildman–Crippen MR) is 76.3 cm³/mol. The van der Waals surface area contributed by atoms with Crippen molar-refractivity contribution >= 4 is 5.97 Å². The van der Waals surface area contributed by atoms with Crippen LogP contribution < -0.4 is 0 Å². The molecule has 0 spiro atoms. The lowest BCUT2D eigenvalue weighted by molar-refractivity contribution is -0.150. The number of aliphatic carboxylic acids is 1. The Balaban J connectivity index is 2.19. The zero-order valence-electron chi connectivity index (χ0n) is 12.5. The molecule has 0 saturated heterocycles. The van der Waals surface area contributed by atoms with Crippen LogP contribution in [0, 0.1) is 11.3 Å². The van der Waals surface area contributed by atoms with E-state index < -0.39 is 11.4 Å². The highest BCUT2D eigenvalue weighted by atomic mass is 16.4. The third kappa shape index (κ3) is 3.38. The van der Waals surface area contributed by atoms with Gasteiger partial charge in [-0.05, 0) is 18.8 Å². The van der Waals surface area contributed by atoms with E-state index in [2.05, 4.69) is 24.0 Å². The summed E-state index contributed by atoms with van der Waals surface area (Å²) in [4.78, 5) is 11.8. The van der Waals surface area contributed by atoms with E-state index in [9.17, 15) is 9.90 Å². The number of rotatable bonds is 5. The lowest BCUT2D eigenvalue weighted by Crippen LogP contribution is -2.34. The van der Waals surface area contributed by atoms with Gasteiger partial charge in [-0.2, -0.15) is 0 Å². The van der Waals surface area contributed by atoms with E-state index in [1.165, 1.54) is 0 Å². The fourth-order valence-corrected chi connectivity index (χ4v) is 3.14. The summed E-state index contributed by atoms with van der Waals surface area (Å²) in [6.45, 7) is 5.13. The van der Waals surface area contributed by atoms with Crippen LogP contribution in [0.15, 0.2) is 6.33 Å². The molecule has 1 aliphatic rings. The smallest absolute Gasteiger partial charge is 0.310 e. The molecule has 1 N–H and O–H groups in total. The predicted octanol–water partition coefficient (Wildman–Crippen LogP) is 2.90. The molecule has 1 aliphatic carbocycles. The summed E-state index contributed by atoms with van der Waals surface area (Å²) in [7, 11) is 0. The molecule has 2 rings (SSSR count). The molecule has 0 atom stereocenters. The van der Waals surface area contributed by atoms with Crippen LogP contribution in [-0.2, 0) is 17.8 Å². The van der Waals surface area contributed by atoms with E-state index in [0.717, 1.165) is 50.9 Å². The third-order valence-electron chi connectivity index (χ3n) is 4.27. The minimum atomic E-state index is -0.668. The maximum Gasteiger partial charge on any atom is 0.310 e. The van der Waals surface area contributed by atoms with Gasteiger partial charge in [-0.25, -0.2) is 0 Å². The van der Waals surface area contributed by atoms with E-state index >= 15 is 0 Å². The van der Waals surface area contributed by atoms with Crippen molar-refractivity contribution in [3.05, 3.63) is 12.2 Å². The molecular formula is C15H25N3O2. The monoisotopic (exact) mass is 279 g/mol. The topological polar surface area (TPSA) is 68.0 Å². The Bertz CT molecular complexity index is 446. The molecule has 1 fully saturated rings. The molecule has 0 radical (unpaired) electrons. The molecule has 0 aromatic carbocycles. The van der Waals surface area contributed by atoms with Gasteiger partial charge in [0.15, 0.2) is 0 Å². The first kappa shape index (κ1) is 15.0. The molecule has 112 valence electrons. The average molecular weight is 279 g/mol. The highest BCUT2D eigenvalue weighted by molar-refractivity contribution is 5.75. The number of hydrogen-bond acceptors (Lipinski definition) is 3. The van der Waals surface area contributed by atoms with Gasteiger partial charge >= 0.3 is 5.97 Å². The van der Waals surface area contributed by atoms with Crippen molar-refractivity contribution < 1.29 is 9.90 Å². The maximum absolute atomic E-state index is 11.8. The normalized spacial score (nSPS) is 18.9. The first-order valence-corrected chi connectivity index (χ1v) is 7.63. The zero-order chi connectivity index (χ0) is 14.6. The molecule has 1 aromatic rings. The van der Waals surface area contributed by atoms with Crippen LogP contribution >= 0.6 is 0 Å². The van der Waals surface area contributed by atoms with Gasteiger partial charge < -0.3 is 9.67 Å². The minimum Gasteiger partial charge on any atom is -0.481 e. The summed E-state index contributed by atoms with van der Waals surface area (Å²) in [6, 6.07) is 0. The molecule has 0 amide bonds. The number of nitrogens with zero attached hydrogens (tertiary/aromatic N) is 3. The lowest BCUT2D eigenvalue weighted by Gasteiger charge is -2.27. The molecule has 1 saturated carbocycles. The Hall–Kier alpha value is -1.39. The summed E-state index contributed by atoms with van der Waals surface area (Å²) in [5, 5.41) is 17.9. The number of carboxylic acid groups (broad SMARTS) is 1. The van der Waals surface area contributed by atoms with Gasteiger partial charge in [0.05, 0.1) is 5.41 Å². The molecule has 0 bridgehead atoms. The largest absolute Gasteiger partial charge is 0.481 e. The molecule has 1 heterocycles. The van der Waals surface area contributed by atoms with Gasteiger partial charge in [-0.3, -0.25) is 4.79 Å². The highest BCUT2D eigenvalue weighted by Crippen LogP contribution is 2.38. The summed E-state index contributed by atoms with van der Waals surface area (Å²) in [6.07, 6.45) is 8.06. The van der Waals surface area contributed by atoms with Crippen molar-refractivity contribution in [3.63, 3.8) is 0 Å². The van der Waals surface area contributed by atoms with Crippen LogP contribution in [0.2, 0.25) is 0 Å². The average Bonchev–Trinajstić information content (AvgIpc) is 2.65. The fourth-order valence-electron chi connectivity index (χ4n) is 3.14. The Morgan fingerprint density at radius 3 is 2.55 bits per heavy atom. The van der Waals surface area contributed by atoms with Crippen LogP contribution in [0.4, 0.5) is 0 Å². The van der Waals surface area contributed by atoms with E-state index in [1.807, 2.05) is 4.57 Å². The Morgan fingerprint density at radius 1 is 1.35 bits per heavy atom. The molecule has 0 unspecified atom stereocenters. The second kappa shape index (κ2) is 6.37. The number of carbonyl (C=O) groups is 1. The molecule has 5 heteroatoms. The van der Waals surface area contributed by atoms with Crippen LogP contribution in [0.25, 0.3) is 0 Å². The van der Waals surface area contributed by atoms with Gasteiger partial charge in [0.2, 0.25) is 0 Å². The molecular weight excluding hydrogens is 254 g/mol. The Morgan fingerprint density at radius 2 is 2.00 bits per heavy atom. The second-order valence-electron chi connectivity index (χ2n) is 6.47. The van der Waals surface area contributed by atoms with Gasteiger partial charge in [0.25, 0.3) is 0 Å². The Labute approximate surface area is 120 Å². The first-order chi connectivity index (χ1) is 9.53. The van der Waals surface area contributed by atoms with Crippen molar-refractivity contribution in [2.75, 3.05) is 0 Å². The zero-order valence-corrected chi connectivity index (χ0v) is 12.5. The van der Waals surface area contributed by atoms with Gasteiger partial charge in [-0.15, -0.1) is 10.2 Å². The number of carboxylic acids is 1. The minimum absolute atomic E-state index is 0.500. The van der Waals surface area contributed by atoms with Crippen LogP contribution in [0.5, 0.6) is 0 Å². The third-order valence-corrected chi connectivity index (χ3v) is 4.27. The quantitative estimate of drug-likeness (QED) is 0.841. The number of aromatic nitrogens is 3. The summed E-state index contributed by atoms with van der Waals surface area (Å²) in [5.74, 6) is 0.654. The van der Waals surface area contributed by atoms with Gasteiger partial charge in [0, 0.05) is 13.0 Å². The van der Waals surface area contributed by atoms with Crippen molar-refractivity contribution in [2.24, 2.45) is 11.3 Å². The molecule has 0 aliphatic heterocycles. The first-order valence-electron chi connectivity index (χ1n) is 7.63. The summed E-state index contributed by atoms with van der Waals surface area (Å²) < 4.78 is 2.01. The van der Waals surface area contributed by atoms with Gasteiger partial charge in [0.1, 0.15) is 12.2 Å². The highest BCUT2D eigenvalue weighted by Gasteiger charge is 2.40. The fraction of sp³-hybridized carbons (Fsp3) is 0.800. The standard InChI is InChI=1S/C15H25N3O2/c1-12(2)10-18-11-16-17-13(18)9-15(14(19)20)7-5-3-4-6-8-15/h11-12H,3-10H2,1-2H3,(H,19,20). The van der Waals surface area contributed by atoms with E-state index in [1.54, 1.807) is 6.33 Å². The van der Waals surface area contributed by atoms with Crippen LogP contribution in [0.3, 0.4) is 0 Å². The molecule has 1 aromatic heterocycles. The SMILES string of the molecule is CC(C)Cn1cnnc1CC1(C(=O)O)CCCCCC1. The van der Waals surface area contributed by atoms with E-state index in [-0.39, 0.29) is 0 Å². The van der Waals surface area contributed by atoms with Crippen molar-refractivity contribution in [3.8, 4) is 0 Å². The summed E-state index contributed by atoms with van der Waals surface area (Å²) >= 11 is 0. The van der Waals surface area contributed by atoms with Crippen LogP contribution in [-0.4, -0.2) is 25.8 Å². The van der Waals surface area contributed by atoms with Crippen molar-refractivity contribution in [1.82, 2.24) is 14.8 Å². The van der Waals surface area contributed by atoms with E-state index in [0.29, 0.717) is 12.3 Å². The van der Waals surface area contributed by atoms with E-state index in [4.69, 9.17) is 0 Å².